The van der Waals surface area contributed by atoms with Crippen molar-refractivity contribution in [2.24, 2.45) is 0 Å². The Morgan fingerprint density at radius 1 is 0.800 bits per heavy atom. The van der Waals surface area contributed by atoms with Gasteiger partial charge < -0.3 is 4.74 Å². The van der Waals surface area contributed by atoms with Crippen LogP contribution in [0.3, 0.4) is 0 Å². The molecule has 0 spiro atoms. The molecule has 3 aromatic rings. The highest BCUT2D eigenvalue weighted by Gasteiger charge is 2.09. The second-order valence-electron chi connectivity index (χ2n) is 4.48. The van der Waals surface area contributed by atoms with Crippen LogP contribution in [0.25, 0.3) is 10.8 Å². The summed E-state index contributed by atoms with van der Waals surface area (Å²) in [6.45, 7) is -0.00238. The molecule has 0 aliphatic rings. The lowest BCUT2D eigenvalue weighted by Crippen LogP contribution is -2.00. The molecule has 100 valence electrons. The van der Waals surface area contributed by atoms with E-state index in [2.05, 4.69) is 0 Å². The highest BCUT2D eigenvalue weighted by molar-refractivity contribution is 5.88. The zero-order chi connectivity index (χ0) is 13.9. The van der Waals surface area contributed by atoms with Crippen LogP contribution in [0.1, 0.15) is 5.56 Å². The topological polar surface area (TPSA) is 9.23 Å². The standard InChI is InChI=1S/C17H12F2O/c18-15-9-3-7-13(17(15)19)11-20-16-10-4-6-12-5-1-2-8-14(12)16/h1-10H,11H2. The molecule has 0 atom stereocenters. The fourth-order valence-corrected chi connectivity index (χ4v) is 2.14. The highest BCUT2D eigenvalue weighted by atomic mass is 19.2. The molecule has 0 N–H and O–H groups in total. The third-order valence-corrected chi connectivity index (χ3v) is 3.16. The molecule has 3 rings (SSSR count). The summed E-state index contributed by atoms with van der Waals surface area (Å²) in [7, 11) is 0. The van der Waals surface area contributed by atoms with Crippen LogP contribution < -0.4 is 4.74 Å². The average Bonchev–Trinajstić information content (AvgIpc) is 2.49. The van der Waals surface area contributed by atoms with Gasteiger partial charge >= 0.3 is 0 Å². The Balaban J connectivity index is 1.89. The van der Waals surface area contributed by atoms with Crippen molar-refractivity contribution in [2.75, 3.05) is 0 Å². The lowest BCUT2D eigenvalue weighted by atomic mass is 10.1. The molecule has 0 amide bonds. The van der Waals surface area contributed by atoms with Crippen LogP contribution in [0.15, 0.2) is 60.7 Å². The number of hydrogen-bond donors (Lipinski definition) is 0. The van der Waals surface area contributed by atoms with Crippen LogP contribution >= 0.6 is 0 Å². The Morgan fingerprint density at radius 3 is 2.45 bits per heavy atom. The quantitative estimate of drug-likeness (QED) is 0.670. The zero-order valence-corrected chi connectivity index (χ0v) is 10.6. The van der Waals surface area contributed by atoms with Crippen molar-refractivity contribution < 1.29 is 13.5 Å². The van der Waals surface area contributed by atoms with Gasteiger partial charge in [-0.3, -0.25) is 0 Å². The van der Waals surface area contributed by atoms with E-state index in [0.29, 0.717) is 5.75 Å². The molecule has 0 fully saturated rings. The number of ether oxygens (including phenoxy) is 1. The summed E-state index contributed by atoms with van der Waals surface area (Å²) in [4.78, 5) is 0. The molecule has 0 heterocycles. The summed E-state index contributed by atoms with van der Waals surface area (Å²) >= 11 is 0. The summed E-state index contributed by atoms with van der Waals surface area (Å²) in [6, 6.07) is 17.5. The minimum absolute atomic E-state index is 0.00238. The second kappa shape index (κ2) is 5.29. The third-order valence-electron chi connectivity index (χ3n) is 3.16. The van der Waals surface area contributed by atoms with E-state index < -0.39 is 11.6 Å². The predicted molar refractivity (Wildman–Crippen MR) is 74.6 cm³/mol. The van der Waals surface area contributed by atoms with Crippen molar-refractivity contribution in [1.82, 2.24) is 0 Å². The third kappa shape index (κ3) is 2.35. The van der Waals surface area contributed by atoms with Gasteiger partial charge in [0.05, 0.1) is 0 Å². The zero-order valence-electron chi connectivity index (χ0n) is 10.6. The molecular formula is C17H12F2O. The summed E-state index contributed by atoms with van der Waals surface area (Å²) in [5, 5.41) is 2.00. The molecule has 3 aromatic carbocycles. The van der Waals surface area contributed by atoms with Gasteiger partial charge in [-0.05, 0) is 17.5 Å². The van der Waals surface area contributed by atoms with Crippen LogP contribution in [0, 0.1) is 11.6 Å². The molecule has 0 saturated carbocycles. The number of halogens is 2. The van der Waals surface area contributed by atoms with Gasteiger partial charge in [-0.15, -0.1) is 0 Å². The van der Waals surface area contributed by atoms with Gasteiger partial charge in [0.2, 0.25) is 0 Å². The van der Waals surface area contributed by atoms with Crippen molar-refractivity contribution in [3.8, 4) is 5.75 Å². The molecule has 0 aromatic heterocycles. The fraction of sp³-hybridized carbons (Fsp3) is 0.0588. The minimum atomic E-state index is -0.857. The molecule has 1 nitrogen and oxygen atoms in total. The average molecular weight is 270 g/mol. The predicted octanol–water partition coefficient (Wildman–Crippen LogP) is 4.70. The van der Waals surface area contributed by atoms with E-state index in [-0.39, 0.29) is 12.2 Å². The van der Waals surface area contributed by atoms with Crippen molar-refractivity contribution in [1.29, 1.82) is 0 Å². The first-order valence-corrected chi connectivity index (χ1v) is 6.29. The fourth-order valence-electron chi connectivity index (χ4n) is 2.14. The van der Waals surface area contributed by atoms with Gasteiger partial charge in [-0.2, -0.15) is 0 Å². The van der Waals surface area contributed by atoms with E-state index in [1.54, 1.807) is 0 Å². The second-order valence-corrected chi connectivity index (χ2v) is 4.48. The van der Waals surface area contributed by atoms with Crippen molar-refractivity contribution in [2.45, 2.75) is 6.61 Å². The van der Waals surface area contributed by atoms with E-state index in [0.717, 1.165) is 16.8 Å². The number of fused-ring (bicyclic) bond motifs is 1. The van der Waals surface area contributed by atoms with Gasteiger partial charge in [-0.25, -0.2) is 8.78 Å². The lowest BCUT2D eigenvalue weighted by molar-refractivity contribution is 0.300. The number of hydrogen-bond acceptors (Lipinski definition) is 1. The molecule has 0 aliphatic heterocycles. The largest absolute Gasteiger partial charge is 0.488 e. The minimum Gasteiger partial charge on any atom is -0.488 e. The molecule has 0 unspecified atom stereocenters. The smallest absolute Gasteiger partial charge is 0.165 e. The molecular weight excluding hydrogens is 258 g/mol. The monoisotopic (exact) mass is 270 g/mol. The molecule has 3 heteroatoms. The first-order chi connectivity index (χ1) is 9.75. The number of rotatable bonds is 3. The maximum atomic E-state index is 13.6. The van der Waals surface area contributed by atoms with Crippen molar-refractivity contribution in [3.05, 3.63) is 77.9 Å². The first kappa shape index (κ1) is 12.6. The maximum Gasteiger partial charge on any atom is 0.165 e. The Morgan fingerprint density at radius 2 is 1.55 bits per heavy atom. The van der Waals surface area contributed by atoms with E-state index in [9.17, 15) is 8.78 Å². The Kier molecular flexibility index (Phi) is 3.33. The summed E-state index contributed by atoms with van der Waals surface area (Å²) in [5.41, 5.74) is 0.206. The Hall–Kier alpha value is -2.42. The summed E-state index contributed by atoms with van der Waals surface area (Å²) in [5.74, 6) is -1.05. The summed E-state index contributed by atoms with van der Waals surface area (Å²) < 4.78 is 32.3. The van der Waals surface area contributed by atoms with Crippen LogP contribution in [-0.4, -0.2) is 0 Å². The highest BCUT2D eigenvalue weighted by Crippen LogP contribution is 2.26. The first-order valence-electron chi connectivity index (χ1n) is 6.29. The number of benzene rings is 3. The Labute approximate surface area is 115 Å². The van der Waals surface area contributed by atoms with Crippen molar-refractivity contribution in [3.63, 3.8) is 0 Å². The van der Waals surface area contributed by atoms with Gasteiger partial charge in [0.1, 0.15) is 12.4 Å². The SMILES string of the molecule is Fc1cccc(COc2cccc3ccccc23)c1F. The van der Waals surface area contributed by atoms with E-state index in [1.165, 1.54) is 12.1 Å². The van der Waals surface area contributed by atoms with E-state index >= 15 is 0 Å². The van der Waals surface area contributed by atoms with Gasteiger partial charge in [0.15, 0.2) is 11.6 Å². The van der Waals surface area contributed by atoms with Gasteiger partial charge in [-0.1, -0.05) is 48.5 Å². The maximum absolute atomic E-state index is 13.6. The molecule has 0 radical (unpaired) electrons. The molecule has 0 aliphatic carbocycles. The summed E-state index contributed by atoms with van der Waals surface area (Å²) in [6.07, 6.45) is 0. The van der Waals surface area contributed by atoms with Crippen LogP contribution in [0.5, 0.6) is 5.75 Å². The van der Waals surface area contributed by atoms with Crippen LogP contribution in [0.2, 0.25) is 0 Å². The Bertz CT molecular complexity index is 748. The van der Waals surface area contributed by atoms with E-state index in [4.69, 9.17) is 4.74 Å². The molecule has 20 heavy (non-hydrogen) atoms. The normalized spacial score (nSPS) is 10.7. The van der Waals surface area contributed by atoms with Crippen LogP contribution in [0.4, 0.5) is 8.78 Å². The van der Waals surface area contributed by atoms with Crippen molar-refractivity contribution >= 4 is 10.8 Å². The van der Waals surface area contributed by atoms with Gasteiger partial charge in [0, 0.05) is 10.9 Å². The lowest BCUT2D eigenvalue weighted by Gasteiger charge is -2.10. The van der Waals surface area contributed by atoms with E-state index in [1.807, 2.05) is 42.5 Å². The van der Waals surface area contributed by atoms with Crippen LogP contribution in [-0.2, 0) is 6.61 Å². The molecule has 0 bridgehead atoms. The molecule has 0 saturated heterocycles. The van der Waals surface area contributed by atoms with Gasteiger partial charge in [0.25, 0.3) is 0 Å².